The lowest BCUT2D eigenvalue weighted by Gasteiger charge is -2.34. The molecule has 0 saturated carbocycles. The molecule has 0 aliphatic carbocycles. The minimum atomic E-state index is -0.194. The molecule has 0 radical (unpaired) electrons. The standard InChI is InChI=1S/C17H25N3O3/c1-2-23-13-9-18-17(22)20-12-11-19(16(21)14-20)10-8-15-6-4-3-5-7-15/h3-7H,2,8-14H2,1H3,(H,18,22). The molecule has 126 valence electrons. The fourth-order valence-corrected chi connectivity index (χ4v) is 2.51. The monoisotopic (exact) mass is 319 g/mol. The van der Waals surface area contributed by atoms with Gasteiger partial charge in [-0.2, -0.15) is 0 Å². The lowest BCUT2D eigenvalue weighted by molar-refractivity contribution is -0.134. The van der Waals surface area contributed by atoms with Gasteiger partial charge in [-0.05, 0) is 18.9 Å². The van der Waals surface area contributed by atoms with E-state index in [9.17, 15) is 9.59 Å². The van der Waals surface area contributed by atoms with Crippen LogP contribution in [0.15, 0.2) is 30.3 Å². The van der Waals surface area contributed by atoms with Crippen molar-refractivity contribution in [1.29, 1.82) is 0 Å². The summed E-state index contributed by atoms with van der Waals surface area (Å²) in [4.78, 5) is 27.6. The van der Waals surface area contributed by atoms with E-state index >= 15 is 0 Å². The van der Waals surface area contributed by atoms with Gasteiger partial charge in [-0.1, -0.05) is 30.3 Å². The molecule has 1 aromatic carbocycles. The van der Waals surface area contributed by atoms with E-state index in [1.807, 2.05) is 30.0 Å². The van der Waals surface area contributed by atoms with Gasteiger partial charge >= 0.3 is 6.03 Å². The molecule has 1 heterocycles. The van der Waals surface area contributed by atoms with Crippen LogP contribution < -0.4 is 5.32 Å². The molecule has 0 aromatic heterocycles. The average Bonchev–Trinajstić information content (AvgIpc) is 2.58. The van der Waals surface area contributed by atoms with Crippen molar-refractivity contribution in [2.24, 2.45) is 0 Å². The van der Waals surface area contributed by atoms with Crippen LogP contribution in [0.3, 0.4) is 0 Å². The maximum atomic E-state index is 12.2. The van der Waals surface area contributed by atoms with Crippen LogP contribution in [0.4, 0.5) is 4.79 Å². The number of ether oxygens (including phenoxy) is 1. The molecule has 1 aliphatic rings. The number of rotatable bonds is 7. The maximum absolute atomic E-state index is 12.2. The summed E-state index contributed by atoms with van der Waals surface area (Å²) in [6.07, 6.45) is 0.840. The molecule has 3 amide bonds. The Balaban J connectivity index is 1.71. The third kappa shape index (κ3) is 5.56. The zero-order valence-corrected chi connectivity index (χ0v) is 13.7. The smallest absolute Gasteiger partial charge is 0.318 e. The number of hydrogen-bond acceptors (Lipinski definition) is 3. The molecule has 0 bridgehead atoms. The number of amides is 3. The lowest BCUT2D eigenvalue weighted by atomic mass is 10.1. The van der Waals surface area contributed by atoms with Crippen molar-refractivity contribution < 1.29 is 14.3 Å². The molecule has 1 N–H and O–H groups in total. The molecule has 1 fully saturated rings. The fraction of sp³-hybridized carbons (Fsp3) is 0.529. The summed E-state index contributed by atoms with van der Waals surface area (Å²) in [5, 5.41) is 2.77. The Bertz CT molecular complexity index is 507. The van der Waals surface area contributed by atoms with Crippen LogP contribution in [0, 0.1) is 0 Å². The molecule has 1 aliphatic heterocycles. The highest BCUT2D eigenvalue weighted by molar-refractivity contribution is 5.85. The summed E-state index contributed by atoms with van der Waals surface area (Å²) in [6.45, 7) is 5.51. The number of benzene rings is 1. The molecule has 0 unspecified atom stereocenters. The highest BCUT2D eigenvalue weighted by Crippen LogP contribution is 2.07. The molecule has 0 spiro atoms. The van der Waals surface area contributed by atoms with Gasteiger partial charge in [-0.3, -0.25) is 4.79 Å². The third-order valence-electron chi connectivity index (χ3n) is 3.85. The van der Waals surface area contributed by atoms with E-state index in [2.05, 4.69) is 17.4 Å². The number of carbonyl (C=O) groups is 2. The number of carbonyl (C=O) groups excluding carboxylic acids is 2. The van der Waals surface area contributed by atoms with Crippen LogP contribution in [0.1, 0.15) is 12.5 Å². The Kier molecular flexibility index (Phi) is 6.87. The number of nitrogens with zero attached hydrogens (tertiary/aromatic N) is 2. The Morgan fingerprint density at radius 3 is 2.74 bits per heavy atom. The molecule has 6 nitrogen and oxygen atoms in total. The van der Waals surface area contributed by atoms with Gasteiger partial charge in [0.15, 0.2) is 0 Å². The van der Waals surface area contributed by atoms with Gasteiger partial charge in [0.1, 0.15) is 6.54 Å². The van der Waals surface area contributed by atoms with E-state index in [1.54, 1.807) is 4.90 Å². The van der Waals surface area contributed by atoms with Gasteiger partial charge in [0.25, 0.3) is 0 Å². The third-order valence-corrected chi connectivity index (χ3v) is 3.85. The van der Waals surface area contributed by atoms with Gasteiger partial charge < -0.3 is 19.9 Å². The van der Waals surface area contributed by atoms with E-state index in [0.29, 0.717) is 39.4 Å². The van der Waals surface area contributed by atoms with E-state index in [-0.39, 0.29) is 18.5 Å². The first-order valence-corrected chi connectivity index (χ1v) is 8.13. The predicted molar refractivity (Wildman–Crippen MR) is 88.2 cm³/mol. The van der Waals surface area contributed by atoms with E-state index in [1.165, 1.54) is 5.56 Å². The van der Waals surface area contributed by atoms with Gasteiger partial charge in [-0.25, -0.2) is 4.79 Å². The normalized spacial score (nSPS) is 14.9. The maximum Gasteiger partial charge on any atom is 0.318 e. The first-order valence-electron chi connectivity index (χ1n) is 8.13. The van der Waals surface area contributed by atoms with Crippen LogP contribution >= 0.6 is 0 Å². The quantitative estimate of drug-likeness (QED) is 0.766. The molecule has 1 aromatic rings. The summed E-state index contributed by atoms with van der Waals surface area (Å²) in [7, 11) is 0. The van der Waals surface area contributed by atoms with Crippen molar-refractivity contribution in [3.8, 4) is 0 Å². The van der Waals surface area contributed by atoms with Crippen LogP contribution in [-0.4, -0.2) is 67.7 Å². The summed E-state index contributed by atoms with van der Waals surface area (Å²) in [5.41, 5.74) is 1.22. The molecular formula is C17H25N3O3. The second kappa shape index (κ2) is 9.15. The highest BCUT2D eigenvalue weighted by Gasteiger charge is 2.26. The summed E-state index contributed by atoms with van der Waals surface area (Å²) in [5.74, 6) is 0.00661. The molecule has 2 rings (SSSR count). The van der Waals surface area contributed by atoms with Crippen LogP contribution in [-0.2, 0) is 16.0 Å². The van der Waals surface area contributed by atoms with Crippen LogP contribution in [0.25, 0.3) is 0 Å². The largest absolute Gasteiger partial charge is 0.380 e. The van der Waals surface area contributed by atoms with Crippen molar-refractivity contribution in [2.75, 3.05) is 45.9 Å². The molecule has 6 heteroatoms. The predicted octanol–water partition coefficient (Wildman–Crippen LogP) is 1.12. The second-order valence-electron chi connectivity index (χ2n) is 5.47. The van der Waals surface area contributed by atoms with Crippen molar-refractivity contribution in [1.82, 2.24) is 15.1 Å². The van der Waals surface area contributed by atoms with Gasteiger partial charge in [0.05, 0.1) is 6.61 Å². The number of nitrogens with one attached hydrogen (secondary N) is 1. The Hall–Kier alpha value is -2.08. The van der Waals surface area contributed by atoms with E-state index in [4.69, 9.17) is 4.74 Å². The van der Waals surface area contributed by atoms with Gasteiger partial charge in [0, 0.05) is 32.8 Å². The number of urea groups is 1. The zero-order chi connectivity index (χ0) is 16.5. The van der Waals surface area contributed by atoms with E-state index in [0.717, 1.165) is 6.42 Å². The Morgan fingerprint density at radius 1 is 1.26 bits per heavy atom. The number of piperazine rings is 1. The minimum absolute atomic E-state index is 0.00661. The molecular weight excluding hydrogens is 294 g/mol. The zero-order valence-electron chi connectivity index (χ0n) is 13.7. The topological polar surface area (TPSA) is 61.9 Å². The summed E-state index contributed by atoms with van der Waals surface area (Å²) in [6, 6.07) is 9.92. The average molecular weight is 319 g/mol. The summed E-state index contributed by atoms with van der Waals surface area (Å²) < 4.78 is 5.17. The van der Waals surface area contributed by atoms with Gasteiger partial charge in [-0.15, -0.1) is 0 Å². The highest BCUT2D eigenvalue weighted by atomic mass is 16.5. The van der Waals surface area contributed by atoms with Gasteiger partial charge in [0.2, 0.25) is 5.91 Å². The van der Waals surface area contributed by atoms with E-state index < -0.39 is 0 Å². The Labute approximate surface area is 137 Å². The first kappa shape index (κ1) is 17.3. The van der Waals surface area contributed by atoms with Crippen molar-refractivity contribution >= 4 is 11.9 Å². The van der Waals surface area contributed by atoms with Crippen LogP contribution in [0.5, 0.6) is 0 Å². The minimum Gasteiger partial charge on any atom is -0.380 e. The van der Waals surface area contributed by atoms with Crippen molar-refractivity contribution in [2.45, 2.75) is 13.3 Å². The second-order valence-corrected chi connectivity index (χ2v) is 5.47. The molecule has 1 saturated heterocycles. The summed E-state index contributed by atoms with van der Waals surface area (Å²) >= 11 is 0. The van der Waals surface area contributed by atoms with Crippen molar-refractivity contribution in [3.05, 3.63) is 35.9 Å². The molecule has 0 atom stereocenters. The molecule has 23 heavy (non-hydrogen) atoms. The Morgan fingerprint density at radius 2 is 2.04 bits per heavy atom. The fourth-order valence-electron chi connectivity index (χ4n) is 2.51. The number of hydrogen-bond donors (Lipinski definition) is 1. The van der Waals surface area contributed by atoms with Crippen LogP contribution in [0.2, 0.25) is 0 Å². The SMILES string of the molecule is CCOCCNC(=O)N1CCN(CCc2ccccc2)C(=O)C1. The first-order chi connectivity index (χ1) is 11.2. The van der Waals surface area contributed by atoms with Crippen molar-refractivity contribution in [3.63, 3.8) is 0 Å². The lowest BCUT2D eigenvalue weighted by Crippen LogP contribution is -2.55.